The number of quaternary nitrogens is 1. The van der Waals surface area contributed by atoms with Gasteiger partial charge in [0.05, 0.1) is 17.8 Å². The average molecular weight is 579 g/mol. The first-order valence-corrected chi connectivity index (χ1v) is 14.8. The minimum atomic E-state index is -5.58. The molecule has 0 aliphatic carbocycles. The van der Waals surface area contributed by atoms with Gasteiger partial charge >= 0.3 is 21.6 Å². The molecule has 0 saturated heterocycles. The highest BCUT2D eigenvalue weighted by molar-refractivity contribution is 7.72. The minimum absolute atomic E-state index is 0.0487. The van der Waals surface area contributed by atoms with Gasteiger partial charge in [-0.05, 0) is 37.5 Å². The minimum Gasteiger partial charge on any atom is -0.368 e. The molecule has 0 bridgehead atoms. The summed E-state index contributed by atoms with van der Waals surface area (Å²) in [6, 6.07) is 5.05. The fraction of sp³-hybridized carbons (Fsp3) is 0.579. The zero-order valence-electron chi connectivity index (χ0n) is 19.0. The van der Waals surface area contributed by atoms with E-state index < -0.39 is 44.7 Å². The standard InChI is InChI=1S/C19H31Cl2N3O9P2/c1-14(6-7-19(27,34(28,29)30)35(31,32)33)23-18(26)17(22)12-15-2-4-16(5-3-15)24(13-25,10-8-20)11-9-21/h2-5,13-14,17,27H,6-12,22H2,1H3,(H4-,23,26,28,29,30,31,32,33)/p+1/t14?,17-/m0/s1. The molecule has 0 aliphatic heterocycles. The van der Waals surface area contributed by atoms with Crippen molar-refractivity contribution in [2.75, 3.05) is 24.8 Å². The molecule has 0 radical (unpaired) electrons. The van der Waals surface area contributed by atoms with Gasteiger partial charge in [0.1, 0.15) is 18.8 Å². The van der Waals surface area contributed by atoms with Gasteiger partial charge in [-0.25, -0.2) is 9.28 Å². The average Bonchev–Trinajstić information content (AvgIpc) is 2.76. The Bertz CT molecular complexity index is 927. The summed E-state index contributed by atoms with van der Waals surface area (Å²) in [4.78, 5) is 61.0. The summed E-state index contributed by atoms with van der Waals surface area (Å²) in [6.45, 7) is 2.15. The van der Waals surface area contributed by atoms with Gasteiger partial charge in [0.15, 0.2) is 0 Å². The lowest BCUT2D eigenvalue weighted by atomic mass is 10.0. The van der Waals surface area contributed by atoms with Gasteiger partial charge in [-0.3, -0.25) is 13.9 Å². The normalized spacial score (nSPS) is 14.9. The van der Waals surface area contributed by atoms with Crippen LogP contribution in [0.1, 0.15) is 25.3 Å². The van der Waals surface area contributed by atoms with Crippen LogP contribution in [0, 0.1) is 0 Å². The molecule has 0 saturated carbocycles. The second-order valence-electron chi connectivity index (χ2n) is 8.25. The van der Waals surface area contributed by atoms with Crippen molar-refractivity contribution in [3.05, 3.63) is 29.8 Å². The van der Waals surface area contributed by atoms with E-state index >= 15 is 0 Å². The Morgan fingerprint density at radius 3 is 2.00 bits per heavy atom. The molecule has 8 N–H and O–H groups in total. The molecule has 0 aromatic heterocycles. The predicted molar refractivity (Wildman–Crippen MR) is 133 cm³/mol. The second-order valence-corrected chi connectivity index (χ2v) is 13.0. The van der Waals surface area contributed by atoms with Crippen LogP contribution in [-0.4, -0.2) is 79.0 Å². The number of rotatable bonds is 15. The molecule has 200 valence electrons. The van der Waals surface area contributed by atoms with E-state index in [0.717, 1.165) is 6.41 Å². The molecule has 1 rings (SSSR count). The van der Waals surface area contributed by atoms with Gasteiger partial charge in [0.25, 0.3) is 5.08 Å². The highest BCUT2D eigenvalue weighted by Crippen LogP contribution is 2.69. The second kappa shape index (κ2) is 13.1. The first-order chi connectivity index (χ1) is 16.1. The van der Waals surface area contributed by atoms with Crippen LogP contribution < -0.4 is 15.5 Å². The summed E-state index contributed by atoms with van der Waals surface area (Å²) in [5, 5.41) is 8.88. The summed E-state index contributed by atoms with van der Waals surface area (Å²) in [5.41, 5.74) is 7.33. The molecule has 12 nitrogen and oxygen atoms in total. The largest absolute Gasteiger partial charge is 0.369 e. The highest BCUT2D eigenvalue weighted by atomic mass is 35.5. The highest BCUT2D eigenvalue weighted by Gasteiger charge is 2.58. The third kappa shape index (κ3) is 8.31. The zero-order valence-corrected chi connectivity index (χ0v) is 22.3. The zero-order chi connectivity index (χ0) is 27.1. The van der Waals surface area contributed by atoms with Crippen molar-refractivity contribution in [1.82, 2.24) is 9.80 Å². The molecule has 16 heteroatoms. The molecular weight excluding hydrogens is 547 g/mol. The van der Waals surface area contributed by atoms with E-state index in [-0.39, 0.29) is 29.1 Å². The van der Waals surface area contributed by atoms with Crippen LogP contribution in [0.15, 0.2) is 24.3 Å². The molecule has 2 atom stereocenters. The van der Waals surface area contributed by atoms with Crippen LogP contribution in [0.5, 0.6) is 0 Å². The maximum atomic E-state index is 12.4. The van der Waals surface area contributed by atoms with Gasteiger partial charge in [-0.1, -0.05) is 12.1 Å². The van der Waals surface area contributed by atoms with Crippen molar-refractivity contribution in [1.29, 1.82) is 0 Å². The number of amides is 2. The van der Waals surface area contributed by atoms with Crippen LogP contribution in [-0.2, 0) is 25.1 Å². The topological polar surface area (TPSA) is 207 Å². The van der Waals surface area contributed by atoms with Gasteiger partial charge < -0.3 is 35.7 Å². The van der Waals surface area contributed by atoms with Crippen molar-refractivity contribution < 1.29 is 43.4 Å². The monoisotopic (exact) mass is 578 g/mol. The quantitative estimate of drug-likeness (QED) is 0.0673. The maximum Gasteiger partial charge on any atom is 0.369 e. The Balaban J connectivity index is 2.80. The van der Waals surface area contributed by atoms with E-state index in [1.54, 1.807) is 24.3 Å². The van der Waals surface area contributed by atoms with Gasteiger partial charge in [0, 0.05) is 12.5 Å². The van der Waals surface area contributed by atoms with Gasteiger partial charge in [-0.15, -0.1) is 23.2 Å². The van der Waals surface area contributed by atoms with Crippen LogP contribution in [0.2, 0.25) is 0 Å². The Morgan fingerprint density at radius 2 is 1.60 bits per heavy atom. The Hall–Kier alpha value is -0.880. The number of halogens is 2. The Kier molecular flexibility index (Phi) is 12.0. The predicted octanol–water partition coefficient (Wildman–Crippen LogP) is 0.784. The molecule has 1 unspecified atom stereocenters. The number of aliphatic hydroxyl groups is 1. The third-order valence-electron chi connectivity index (χ3n) is 5.65. The lowest BCUT2D eigenvalue weighted by Crippen LogP contribution is -2.50. The summed E-state index contributed by atoms with van der Waals surface area (Å²) < 4.78 is 22.8. The number of hydrogen-bond donors (Lipinski definition) is 7. The number of carbonyl (C=O) groups excluding carboxylic acids is 2. The Morgan fingerprint density at radius 1 is 1.11 bits per heavy atom. The van der Waals surface area contributed by atoms with E-state index in [1.807, 2.05) is 0 Å². The summed E-state index contributed by atoms with van der Waals surface area (Å²) in [6.07, 6.45) is -0.395. The number of nitrogens with zero attached hydrogens (tertiary/aromatic N) is 1. The van der Waals surface area contributed by atoms with E-state index in [9.17, 15) is 43.4 Å². The van der Waals surface area contributed by atoms with Crippen molar-refractivity contribution in [3.63, 3.8) is 0 Å². The molecule has 1 aromatic rings. The van der Waals surface area contributed by atoms with Crippen LogP contribution in [0.25, 0.3) is 0 Å². The SMILES string of the molecule is CC(CCC(O)(P(=O)(O)O)P(=O)(O)O)NC(=O)[C@@H](N)Cc1ccc([N+](C=O)(CCCl)CCCl)cc1. The Labute approximate surface area is 213 Å². The van der Waals surface area contributed by atoms with E-state index in [1.165, 1.54) is 6.92 Å². The fourth-order valence-electron chi connectivity index (χ4n) is 3.41. The van der Waals surface area contributed by atoms with Crippen LogP contribution >= 0.6 is 38.4 Å². The number of carbonyl (C=O) groups is 2. The van der Waals surface area contributed by atoms with Gasteiger partial charge in [-0.2, -0.15) is 0 Å². The molecule has 1 aromatic carbocycles. The number of benzene rings is 1. The smallest absolute Gasteiger partial charge is 0.368 e. The first kappa shape index (κ1) is 32.1. The summed E-state index contributed by atoms with van der Waals surface area (Å²) >= 11 is 11.7. The van der Waals surface area contributed by atoms with Crippen LogP contribution in [0.3, 0.4) is 0 Å². The molecule has 0 fully saturated rings. The van der Waals surface area contributed by atoms with Gasteiger partial charge in [0.2, 0.25) is 5.91 Å². The maximum absolute atomic E-state index is 12.4. The molecule has 0 heterocycles. The first-order valence-electron chi connectivity index (χ1n) is 10.5. The molecule has 2 amide bonds. The van der Waals surface area contributed by atoms with E-state index in [4.69, 9.17) is 28.9 Å². The molecular formula is C19H32Cl2N3O9P2+. The molecule has 0 spiro atoms. The number of nitrogens with one attached hydrogen (secondary N) is 1. The number of hydrogen-bond acceptors (Lipinski definition) is 6. The van der Waals surface area contributed by atoms with Crippen LogP contribution in [0.4, 0.5) is 5.69 Å². The van der Waals surface area contributed by atoms with E-state index in [0.29, 0.717) is 24.3 Å². The molecule has 35 heavy (non-hydrogen) atoms. The van der Waals surface area contributed by atoms with Crippen molar-refractivity contribution in [3.8, 4) is 0 Å². The van der Waals surface area contributed by atoms with Crippen molar-refractivity contribution in [2.24, 2.45) is 5.73 Å². The lowest BCUT2D eigenvalue weighted by molar-refractivity contribution is -0.123. The number of alkyl halides is 2. The third-order valence-corrected chi connectivity index (χ3v) is 9.86. The fourth-order valence-corrected chi connectivity index (χ4v) is 6.21. The lowest BCUT2D eigenvalue weighted by Gasteiger charge is -2.30. The van der Waals surface area contributed by atoms with Crippen molar-refractivity contribution in [2.45, 2.75) is 43.4 Å². The van der Waals surface area contributed by atoms with Crippen molar-refractivity contribution >= 4 is 56.4 Å². The molecule has 0 aliphatic rings. The summed E-state index contributed by atoms with van der Waals surface area (Å²) in [5.74, 6) is -0.111. The van der Waals surface area contributed by atoms with E-state index in [2.05, 4.69) is 5.32 Å². The summed E-state index contributed by atoms with van der Waals surface area (Å²) in [7, 11) is -11.2. The number of nitrogens with two attached hydrogens (primary N) is 1.